The second kappa shape index (κ2) is 3.47. The van der Waals surface area contributed by atoms with Gasteiger partial charge in [0, 0.05) is 17.6 Å². The summed E-state index contributed by atoms with van der Waals surface area (Å²) in [5, 5.41) is 0.208. The van der Waals surface area contributed by atoms with Crippen molar-refractivity contribution in [2.24, 2.45) is 0 Å². The van der Waals surface area contributed by atoms with E-state index < -0.39 is 17.2 Å². The summed E-state index contributed by atoms with van der Waals surface area (Å²) in [5.74, 6) is -1.11. The van der Waals surface area contributed by atoms with E-state index in [-0.39, 0.29) is 16.7 Å². The van der Waals surface area contributed by atoms with Gasteiger partial charge in [-0.25, -0.2) is 8.78 Å². The maximum absolute atomic E-state index is 13.9. The molecule has 0 radical (unpaired) electrons. The number of fused-ring (bicyclic) bond motifs is 1. The topological polar surface area (TPSA) is 25.0 Å². The van der Waals surface area contributed by atoms with Crippen LogP contribution >= 0.6 is 0 Å². The lowest BCUT2D eigenvalue weighted by Crippen LogP contribution is -2.23. The van der Waals surface area contributed by atoms with Gasteiger partial charge in [-0.05, 0) is 26.8 Å². The highest BCUT2D eigenvalue weighted by Gasteiger charge is 2.19. The zero-order valence-electron chi connectivity index (χ0n) is 9.40. The molecule has 0 bridgehead atoms. The Balaban J connectivity index is 2.58. The minimum absolute atomic E-state index is 0.0582. The average molecular weight is 225 g/mol. The summed E-state index contributed by atoms with van der Waals surface area (Å²) in [5.41, 5.74) is -0.393. The SMILES string of the molecule is CC(C)(C)Oc1cc(F)c2[nH]ccc2c1F. The van der Waals surface area contributed by atoms with Gasteiger partial charge in [-0.15, -0.1) is 0 Å². The van der Waals surface area contributed by atoms with Crippen molar-refractivity contribution in [2.75, 3.05) is 0 Å². The first-order valence-corrected chi connectivity index (χ1v) is 5.02. The molecular weight excluding hydrogens is 212 g/mol. The first-order chi connectivity index (χ1) is 7.38. The molecule has 1 N–H and O–H groups in total. The Hall–Kier alpha value is -1.58. The maximum atomic E-state index is 13.9. The van der Waals surface area contributed by atoms with Crippen molar-refractivity contribution >= 4 is 10.9 Å². The molecule has 86 valence electrons. The third kappa shape index (κ3) is 1.87. The molecule has 0 unspecified atom stereocenters. The Labute approximate surface area is 92.2 Å². The van der Waals surface area contributed by atoms with Crippen molar-refractivity contribution in [3.05, 3.63) is 30.0 Å². The fraction of sp³-hybridized carbons (Fsp3) is 0.333. The van der Waals surface area contributed by atoms with Gasteiger partial charge in [0.15, 0.2) is 17.4 Å². The van der Waals surface area contributed by atoms with Gasteiger partial charge in [-0.3, -0.25) is 0 Å². The van der Waals surface area contributed by atoms with Crippen LogP contribution in [0.15, 0.2) is 18.3 Å². The number of halogens is 2. The van der Waals surface area contributed by atoms with Gasteiger partial charge in [0.1, 0.15) is 5.60 Å². The summed E-state index contributed by atoms with van der Waals surface area (Å²) < 4.78 is 32.8. The molecule has 0 aliphatic rings. The Bertz CT molecular complexity index is 526. The van der Waals surface area contributed by atoms with Crippen LogP contribution in [0.1, 0.15) is 20.8 Å². The quantitative estimate of drug-likeness (QED) is 0.787. The molecule has 0 saturated carbocycles. The Morgan fingerprint density at radius 1 is 1.25 bits per heavy atom. The van der Waals surface area contributed by atoms with E-state index in [1.165, 1.54) is 12.3 Å². The first kappa shape index (κ1) is 10.9. The fourth-order valence-electron chi connectivity index (χ4n) is 1.54. The van der Waals surface area contributed by atoms with Gasteiger partial charge >= 0.3 is 0 Å². The van der Waals surface area contributed by atoms with E-state index in [1.807, 2.05) is 0 Å². The van der Waals surface area contributed by atoms with Gasteiger partial charge in [0.2, 0.25) is 0 Å². The molecule has 0 atom stereocenters. The van der Waals surface area contributed by atoms with Gasteiger partial charge < -0.3 is 9.72 Å². The lowest BCUT2D eigenvalue weighted by Gasteiger charge is -2.21. The highest BCUT2D eigenvalue weighted by Crippen LogP contribution is 2.30. The molecule has 2 aromatic rings. The van der Waals surface area contributed by atoms with Gasteiger partial charge in [0.05, 0.1) is 5.52 Å². The molecule has 4 heteroatoms. The van der Waals surface area contributed by atoms with E-state index >= 15 is 0 Å². The van der Waals surface area contributed by atoms with Crippen LogP contribution in [-0.2, 0) is 0 Å². The standard InChI is InChI=1S/C12H13F2NO/c1-12(2,3)16-9-6-8(13)11-7(10(9)14)4-5-15-11/h4-6,15H,1-3H3. The molecule has 16 heavy (non-hydrogen) atoms. The van der Waals surface area contributed by atoms with E-state index in [9.17, 15) is 8.78 Å². The van der Waals surface area contributed by atoms with E-state index in [1.54, 1.807) is 20.8 Å². The molecule has 0 aliphatic heterocycles. The number of benzene rings is 1. The van der Waals surface area contributed by atoms with Crippen LogP contribution in [0.5, 0.6) is 5.75 Å². The number of aromatic amines is 1. The van der Waals surface area contributed by atoms with Gasteiger partial charge in [0.25, 0.3) is 0 Å². The highest BCUT2D eigenvalue weighted by atomic mass is 19.1. The normalized spacial score (nSPS) is 12.1. The molecule has 0 saturated heterocycles. The molecule has 0 amide bonds. The maximum Gasteiger partial charge on any atom is 0.174 e. The number of nitrogens with one attached hydrogen (secondary N) is 1. The fourth-order valence-corrected chi connectivity index (χ4v) is 1.54. The van der Waals surface area contributed by atoms with E-state index in [2.05, 4.69) is 4.98 Å². The van der Waals surface area contributed by atoms with Crippen LogP contribution < -0.4 is 4.74 Å². The third-order valence-corrected chi connectivity index (χ3v) is 2.11. The predicted molar refractivity (Wildman–Crippen MR) is 58.6 cm³/mol. The highest BCUT2D eigenvalue weighted by molar-refractivity contribution is 5.82. The van der Waals surface area contributed by atoms with Crippen molar-refractivity contribution in [3.63, 3.8) is 0 Å². The molecule has 0 aliphatic carbocycles. The Morgan fingerprint density at radius 2 is 1.94 bits per heavy atom. The molecule has 2 rings (SSSR count). The molecule has 1 aromatic heterocycles. The number of hydrogen-bond donors (Lipinski definition) is 1. The predicted octanol–water partition coefficient (Wildman–Crippen LogP) is 3.62. The molecular formula is C12H13F2NO. The van der Waals surface area contributed by atoms with Crippen molar-refractivity contribution < 1.29 is 13.5 Å². The summed E-state index contributed by atoms with van der Waals surface area (Å²) in [6.07, 6.45) is 1.50. The number of aromatic nitrogens is 1. The minimum Gasteiger partial charge on any atom is -0.485 e. The van der Waals surface area contributed by atoms with Crippen LogP contribution in [0.3, 0.4) is 0 Å². The largest absolute Gasteiger partial charge is 0.485 e. The van der Waals surface area contributed by atoms with Gasteiger partial charge in [-0.1, -0.05) is 0 Å². The van der Waals surface area contributed by atoms with Crippen LogP contribution in [0.4, 0.5) is 8.78 Å². The zero-order valence-corrected chi connectivity index (χ0v) is 9.40. The monoisotopic (exact) mass is 225 g/mol. The van der Waals surface area contributed by atoms with E-state index in [4.69, 9.17) is 4.74 Å². The summed E-state index contributed by atoms with van der Waals surface area (Å²) in [6.45, 7) is 5.35. The van der Waals surface area contributed by atoms with Crippen LogP contribution in [-0.4, -0.2) is 10.6 Å². The minimum atomic E-state index is -0.558. The molecule has 2 nitrogen and oxygen atoms in total. The number of rotatable bonds is 1. The number of ether oxygens (including phenoxy) is 1. The molecule has 0 fully saturated rings. The summed E-state index contributed by atoms with van der Waals surface area (Å²) in [7, 11) is 0. The number of hydrogen-bond acceptors (Lipinski definition) is 1. The molecule has 1 aromatic carbocycles. The van der Waals surface area contributed by atoms with Crippen molar-refractivity contribution in [1.29, 1.82) is 0 Å². The first-order valence-electron chi connectivity index (χ1n) is 5.02. The van der Waals surface area contributed by atoms with Crippen LogP contribution in [0, 0.1) is 11.6 Å². The lowest BCUT2D eigenvalue weighted by atomic mass is 10.1. The Morgan fingerprint density at radius 3 is 2.56 bits per heavy atom. The second-order valence-corrected chi connectivity index (χ2v) is 4.65. The van der Waals surface area contributed by atoms with Gasteiger partial charge in [-0.2, -0.15) is 0 Å². The van der Waals surface area contributed by atoms with Crippen molar-refractivity contribution in [1.82, 2.24) is 4.98 Å². The van der Waals surface area contributed by atoms with E-state index in [0.29, 0.717) is 0 Å². The summed E-state index contributed by atoms with van der Waals surface area (Å²) in [4.78, 5) is 2.65. The second-order valence-electron chi connectivity index (χ2n) is 4.65. The zero-order chi connectivity index (χ0) is 11.9. The number of H-pyrrole nitrogens is 1. The summed E-state index contributed by atoms with van der Waals surface area (Å²) in [6, 6.07) is 2.56. The van der Waals surface area contributed by atoms with Crippen molar-refractivity contribution in [2.45, 2.75) is 26.4 Å². The molecule has 1 heterocycles. The van der Waals surface area contributed by atoms with E-state index in [0.717, 1.165) is 6.07 Å². The van der Waals surface area contributed by atoms with Crippen LogP contribution in [0.2, 0.25) is 0 Å². The Kier molecular flexibility index (Phi) is 2.37. The summed E-state index contributed by atoms with van der Waals surface area (Å²) >= 11 is 0. The lowest BCUT2D eigenvalue weighted by molar-refractivity contribution is 0.124. The third-order valence-electron chi connectivity index (χ3n) is 2.11. The average Bonchev–Trinajstić information content (AvgIpc) is 2.60. The van der Waals surface area contributed by atoms with Crippen molar-refractivity contribution in [3.8, 4) is 5.75 Å². The molecule has 0 spiro atoms. The smallest absolute Gasteiger partial charge is 0.174 e. The van der Waals surface area contributed by atoms with Crippen LogP contribution in [0.25, 0.3) is 10.9 Å².